The van der Waals surface area contributed by atoms with Gasteiger partial charge < -0.3 is 4.74 Å². The van der Waals surface area contributed by atoms with Gasteiger partial charge in [-0.25, -0.2) is 18.6 Å². The standard InChI is InChI=1S/C15H15F3N2O/c1-2-21-11-5-3-9(4-6-11)15(20-19)10-7-12(16)14(18)13(17)8-10/h3-8,15,20H,2,19H2,1H3. The van der Waals surface area contributed by atoms with Crippen LogP contribution >= 0.6 is 0 Å². The molecule has 2 aromatic rings. The fraction of sp³-hybridized carbons (Fsp3) is 0.200. The van der Waals surface area contributed by atoms with Crippen molar-refractivity contribution >= 4 is 0 Å². The zero-order valence-electron chi connectivity index (χ0n) is 11.4. The van der Waals surface area contributed by atoms with E-state index in [0.717, 1.165) is 12.1 Å². The molecule has 0 fully saturated rings. The Labute approximate surface area is 120 Å². The molecule has 6 heteroatoms. The molecule has 0 heterocycles. The molecule has 2 rings (SSSR count). The maximum atomic E-state index is 13.3. The molecule has 0 aliphatic rings. The Morgan fingerprint density at radius 2 is 1.62 bits per heavy atom. The largest absolute Gasteiger partial charge is 0.494 e. The summed E-state index contributed by atoms with van der Waals surface area (Å²) in [6.45, 7) is 2.40. The lowest BCUT2D eigenvalue weighted by Gasteiger charge is -2.18. The Balaban J connectivity index is 2.35. The normalized spacial score (nSPS) is 12.2. The number of nitrogens with one attached hydrogen (secondary N) is 1. The van der Waals surface area contributed by atoms with Crippen LogP contribution in [-0.2, 0) is 0 Å². The lowest BCUT2D eigenvalue weighted by molar-refractivity contribution is 0.340. The van der Waals surface area contributed by atoms with Gasteiger partial charge in [0.15, 0.2) is 17.5 Å². The second kappa shape index (κ2) is 6.60. The molecule has 0 aliphatic carbocycles. The van der Waals surface area contributed by atoms with Crippen molar-refractivity contribution in [1.82, 2.24) is 5.43 Å². The van der Waals surface area contributed by atoms with E-state index in [0.29, 0.717) is 17.9 Å². The van der Waals surface area contributed by atoms with Crippen LogP contribution in [0.3, 0.4) is 0 Å². The highest BCUT2D eigenvalue weighted by atomic mass is 19.2. The molecule has 0 saturated heterocycles. The van der Waals surface area contributed by atoms with Gasteiger partial charge in [0, 0.05) is 0 Å². The minimum Gasteiger partial charge on any atom is -0.494 e. The van der Waals surface area contributed by atoms with Gasteiger partial charge in [0.1, 0.15) is 5.75 Å². The smallest absolute Gasteiger partial charge is 0.194 e. The van der Waals surface area contributed by atoms with Crippen LogP contribution in [0.1, 0.15) is 24.1 Å². The lowest BCUT2D eigenvalue weighted by Crippen LogP contribution is -2.29. The maximum Gasteiger partial charge on any atom is 0.194 e. The molecule has 0 radical (unpaired) electrons. The predicted molar refractivity (Wildman–Crippen MR) is 73.1 cm³/mol. The van der Waals surface area contributed by atoms with Crippen LogP contribution in [0, 0.1) is 17.5 Å². The Kier molecular flexibility index (Phi) is 4.82. The molecule has 2 aromatic carbocycles. The van der Waals surface area contributed by atoms with Crippen LogP contribution in [0.5, 0.6) is 5.75 Å². The highest BCUT2D eigenvalue weighted by Crippen LogP contribution is 2.26. The van der Waals surface area contributed by atoms with E-state index in [1.54, 1.807) is 24.3 Å². The van der Waals surface area contributed by atoms with Gasteiger partial charge in [-0.1, -0.05) is 12.1 Å². The monoisotopic (exact) mass is 296 g/mol. The Morgan fingerprint density at radius 3 is 2.10 bits per heavy atom. The van der Waals surface area contributed by atoms with E-state index in [9.17, 15) is 13.2 Å². The summed E-state index contributed by atoms with van der Waals surface area (Å²) in [4.78, 5) is 0. The van der Waals surface area contributed by atoms with Crippen LogP contribution in [-0.4, -0.2) is 6.61 Å². The summed E-state index contributed by atoms with van der Waals surface area (Å²) >= 11 is 0. The van der Waals surface area contributed by atoms with Gasteiger partial charge in [0.05, 0.1) is 12.6 Å². The third-order valence-electron chi connectivity index (χ3n) is 3.03. The van der Waals surface area contributed by atoms with Gasteiger partial charge >= 0.3 is 0 Å². The van der Waals surface area contributed by atoms with Crippen molar-refractivity contribution in [3.8, 4) is 5.75 Å². The third-order valence-corrected chi connectivity index (χ3v) is 3.03. The van der Waals surface area contributed by atoms with Crippen molar-refractivity contribution < 1.29 is 17.9 Å². The first kappa shape index (κ1) is 15.3. The molecule has 1 unspecified atom stereocenters. The number of hydrazine groups is 1. The molecule has 0 saturated carbocycles. The van der Waals surface area contributed by atoms with Gasteiger partial charge in [0.2, 0.25) is 0 Å². The zero-order valence-corrected chi connectivity index (χ0v) is 11.4. The average molecular weight is 296 g/mol. The first-order valence-corrected chi connectivity index (χ1v) is 6.40. The third kappa shape index (κ3) is 3.34. The molecule has 112 valence electrons. The van der Waals surface area contributed by atoms with E-state index in [2.05, 4.69) is 5.43 Å². The van der Waals surface area contributed by atoms with Crippen LogP contribution in [0.4, 0.5) is 13.2 Å². The Morgan fingerprint density at radius 1 is 1.05 bits per heavy atom. The second-order valence-corrected chi connectivity index (χ2v) is 4.40. The summed E-state index contributed by atoms with van der Waals surface area (Å²) in [5.74, 6) is 2.12. The summed E-state index contributed by atoms with van der Waals surface area (Å²) in [5.41, 5.74) is 3.33. The summed E-state index contributed by atoms with van der Waals surface area (Å²) in [5, 5.41) is 0. The van der Waals surface area contributed by atoms with E-state index >= 15 is 0 Å². The van der Waals surface area contributed by atoms with E-state index in [4.69, 9.17) is 10.6 Å². The molecular formula is C15H15F3N2O. The quantitative estimate of drug-likeness (QED) is 0.506. The molecule has 3 N–H and O–H groups in total. The van der Waals surface area contributed by atoms with Gasteiger partial charge in [-0.05, 0) is 42.3 Å². The minimum atomic E-state index is -1.50. The first-order chi connectivity index (χ1) is 10.1. The highest BCUT2D eigenvalue weighted by molar-refractivity contribution is 5.36. The van der Waals surface area contributed by atoms with Crippen LogP contribution < -0.4 is 16.0 Å². The molecule has 3 nitrogen and oxygen atoms in total. The van der Waals surface area contributed by atoms with Crippen molar-refractivity contribution in [2.75, 3.05) is 6.61 Å². The van der Waals surface area contributed by atoms with Crippen molar-refractivity contribution in [2.45, 2.75) is 13.0 Å². The number of nitrogens with two attached hydrogens (primary N) is 1. The molecule has 0 bridgehead atoms. The van der Waals surface area contributed by atoms with Gasteiger partial charge in [-0.3, -0.25) is 5.84 Å². The zero-order chi connectivity index (χ0) is 15.4. The Hall–Kier alpha value is -2.05. The van der Waals surface area contributed by atoms with Gasteiger partial charge in [0.25, 0.3) is 0 Å². The van der Waals surface area contributed by atoms with Gasteiger partial charge in [-0.2, -0.15) is 0 Å². The van der Waals surface area contributed by atoms with Gasteiger partial charge in [-0.15, -0.1) is 0 Å². The predicted octanol–water partition coefficient (Wildman–Crippen LogP) is 3.06. The van der Waals surface area contributed by atoms with Crippen molar-refractivity contribution in [3.05, 3.63) is 65.0 Å². The highest BCUT2D eigenvalue weighted by Gasteiger charge is 2.18. The number of rotatable bonds is 5. The maximum absolute atomic E-state index is 13.3. The molecule has 0 aliphatic heterocycles. The SMILES string of the molecule is CCOc1ccc(C(NN)c2cc(F)c(F)c(F)c2)cc1. The lowest BCUT2D eigenvalue weighted by atomic mass is 9.99. The number of ether oxygens (including phenoxy) is 1. The van der Waals surface area contributed by atoms with Crippen molar-refractivity contribution in [1.29, 1.82) is 0 Å². The number of halogens is 3. The van der Waals surface area contributed by atoms with E-state index < -0.39 is 23.5 Å². The van der Waals surface area contributed by atoms with Crippen LogP contribution in [0.15, 0.2) is 36.4 Å². The molecule has 0 aromatic heterocycles. The molecular weight excluding hydrogens is 281 g/mol. The molecule has 0 amide bonds. The summed E-state index contributed by atoms with van der Waals surface area (Å²) < 4.78 is 44.9. The summed E-state index contributed by atoms with van der Waals surface area (Å²) in [6.07, 6.45) is 0. The van der Waals surface area contributed by atoms with Crippen molar-refractivity contribution in [3.63, 3.8) is 0 Å². The Bertz CT molecular complexity index is 594. The molecule has 0 spiro atoms. The fourth-order valence-corrected chi connectivity index (χ4v) is 2.05. The minimum absolute atomic E-state index is 0.193. The van der Waals surface area contributed by atoms with Crippen molar-refractivity contribution in [2.24, 2.45) is 5.84 Å². The molecule has 21 heavy (non-hydrogen) atoms. The topological polar surface area (TPSA) is 47.3 Å². The number of hydrogen-bond donors (Lipinski definition) is 2. The summed E-state index contributed by atoms with van der Waals surface area (Å²) in [7, 11) is 0. The summed E-state index contributed by atoms with van der Waals surface area (Å²) in [6, 6.07) is 8.05. The fourth-order valence-electron chi connectivity index (χ4n) is 2.05. The average Bonchev–Trinajstić information content (AvgIpc) is 2.47. The number of benzene rings is 2. The van der Waals surface area contributed by atoms with Crippen LogP contribution in [0.25, 0.3) is 0 Å². The van der Waals surface area contributed by atoms with Crippen LogP contribution in [0.2, 0.25) is 0 Å². The van der Waals surface area contributed by atoms with E-state index in [-0.39, 0.29) is 5.56 Å². The van der Waals surface area contributed by atoms with E-state index in [1.165, 1.54) is 0 Å². The molecule has 1 atom stereocenters. The number of hydrogen-bond acceptors (Lipinski definition) is 3. The second-order valence-electron chi connectivity index (χ2n) is 4.40. The van der Waals surface area contributed by atoms with E-state index in [1.807, 2.05) is 6.92 Å². The first-order valence-electron chi connectivity index (χ1n) is 6.40.